The van der Waals surface area contributed by atoms with Crippen molar-refractivity contribution in [3.8, 4) is 0 Å². The molecule has 1 aromatic heterocycles. The van der Waals surface area contributed by atoms with Crippen LogP contribution in [0.4, 0.5) is 0 Å². The third-order valence-corrected chi connectivity index (χ3v) is 3.75. The molecule has 2 heterocycles. The molecule has 1 aliphatic rings. The first kappa shape index (κ1) is 15.5. The average Bonchev–Trinajstić information content (AvgIpc) is 2.94. The molecular formula is C13H21N5O3. The number of aliphatic hydroxyl groups excluding tert-OH is 1. The Bertz CT molecular complexity index is 550. The molecule has 2 rings (SSSR count). The summed E-state index contributed by atoms with van der Waals surface area (Å²) in [7, 11) is 0. The molecule has 21 heavy (non-hydrogen) atoms. The second-order valence-electron chi connectivity index (χ2n) is 5.36. The van der Waals surface area contributed by atoms with Crippen LogP contribution in [0.25, 0.3) is 0 Å². The summed E-state index contributed by atoms with van der Waals surface area (Å²) < 4.78 is 7.61. The van der Waals surface area contributed by atoms with Crippen LogP contribution in [-0.4, -0.2) is 45.3 Å². The van der Waals surface area contributed by atoms with Crippen LogP contribution in [0.15, 0.2) is 11.3 Å². The van der Waals surface area contributed by atoms with E-state index in [-0.39, 0.29) is 30.5 Å². The van der Waals surface area contributed by atoms with Crippen molar-refractivity contribution < 1.29 is 14.6 Å². The third kappa shape index (κ3) is 3.40. The second kappa shape index (κ2) is 6.23. The topological polar surface area (TPSA) is 129 Å². The summed E-state index contributed by atoms with van der Waals surface area (Å²) in [5.41, 5.74) is 11.3. The number of nitrogens with two attached hydrogens (primary N) is 2. The summed E-state index contributed by atoms with van der Waals surface area (Å²) in [6.07, 6.45) is 2.28. The lowest BCUT2D eigenvalue weighted by Crippen LogP contribution is -2.24. The van der Waals surface area contributed by atoms with Crippen molar-refractivity contribution in [2.24, 2.45) is 22.4 Å². The molecule has 1 aliphatic heterocycles. The molecule has 1 saturated heterocycles. The van der Waals surface area contributed by atoms with Gasteiger partial charge in [0.2, 0.25) is 0 Å². The minimum Gasteiger partial charge on any atom is -0.394 e. The molecule has 1 unspecified atom stereocenters. The smallest absolute Gasteiger partial charge is 0.300 e. The number of carbonyl (C=O) groups excluding carboxylic acids is 1. The zero-order chi connectivity index (χ0) is 15.6. The van der Waals surface area contributed by atoms with Crippen LogP contribution in [-0.2, 0) is 11.3 Å². The molecule has 0 spiro atoms. The van der Waals surface area contributed by atoms with Gasteiger partial charge in [0.15, 0.2) is 11.7 Å². The van der Waals surface area contributed by atoms with E-state index in [0.717, 1.165) is 6.42 Å². The van der Waals surface area contributed by atoms with Gasteiger partial charge in [-0.2, -0.15) is 4.99 Å². The summed E-state index contributed by atoms with van der Waals surface area (Å²) in [4.78, 5) is 19.4. The van der Waals surface area contributed by atoms with Gasteiger partial charge >= 0.3 is 5.91 Å². The first-order valence-corrected chi connectivity index (χ1v) is 6.84. The molecule has 3 atom stereocenters. The van der Waals surface area contributed by atoms with Crippen molar-refractivity contribution in [1.82, 2.24) is 9.55 Å². The molecule has 0 radical (unpaired) electrons. The number of aliphatic imine (C=N–C) groups is 1. The maximum absolute atomic E-state index is 11.8. The summed E-state index contributed by atoms with van der Waals surface area (Å²) in [6.45, 7) is 4.47. The maximum atomic E-state index is 11.8. The standard InChI is InChI=1S/C13H21N5O3/c1-7-3-9(5-19)21-10(7)4-18-6-16-11(8(18)2)12(20)17-13(14)15/h6-7,9-10,19H,3-5H2,1-2H3,(H4,14,15,17,20)/t7?,9-,10-/m0/s1. The zero-order valence-corrected chi connectivity index (χ0v) is 12.2. The molecule has 116 valence electrons. The van der Waals surface area contributed by atoms with Crippen LogP contribution in [0.3, 0.4) is 0 Å². The number of rotatable bonds is 4. The van der Waals surface area contributed by atoms with Crippen molar-refractivity contribution in [2.75, 3.05) is 6.61 Å². The predicted molar refractivity (Wildman–Crippen MR) is 76.6 cm³/mol. The minimum atomic E-state index is -0.556. The highest BCUT2D eigenvalue weighted by Crippen LogP contribution is 2.27. The normalized spacial score (nSPS) is 25.0. The van der Waals surface area contributed by atoms with E-state index in [1.165, 1.54) is 0 Å². The number of guanidine groups is 1. The highest BCUT2D eigenvalue weighted by atomic mass is 16.5. The van der Waals surface area contributed by atoms with Gasteiger partial charge < -0.3 is 25.9 Å². The predicted octanol–water partition coefficient (Wildman–Crippen LogP) is -0.609. The maximum Gasteiger partial charge on any atom is 0.300 e. The second-order valence-corrected chi connectivity index (χ2v) is 5.36. The minimum absolute atomic E-state index is 0.0129. The number of hydrogen-bond donors (Lipinski definition) is 3. The van der Waals surface area contributed by atoms with Crippen LogP contribution in [0.5, 0.6) is 0 Å². The Labute approximate surface area is 122 Å². The molecule has 0 aliphatic carbocycles. The molecule has 0 saturated carbocycles. The lowest BCUT2D eigenvalue weighted by atomic mass is 10.0. The van der Waals surface area contributed by atoms with E-state index in [1.807, 2.05) is 4.57 Å². The van der Waals surface area contributed by atoms with Gasteiger partial charge in [0, 0.05) is 5.69 Å². The number of carbonyl (C=O) groups is 1. The molecule has 0 aromatic carbocycles. The fourth-order valence-electron chi connectivity index (χ4n) is 2.55. The number of hydrogen-bond acceptors (Lipinski definition) is 4. The van der Waals surface area contributed by atoms with Crippen molar-refractivity contribution in [2.45, 2.75) is 39.0 Å². The average molecular weight is 295 g/mol. The summed E-state index contributed by atoms with van der Waals surface area (Å²) in [5.74, 6) is -0.506. The quantitative estimate of drug-likeness (QED) is 0.502. The number of amides is 1. The highest BCUT2D eigenvalue weighted by molar-refractivity contribution is 6.01. The van der Waals surface area contributed by atoms with E-state index in [0.29, 0.717) is 18.2 Å². The number of aromatic nitrogens is 2. The summed E-state index contributed by atoms with van der Waals surface area (Å²) >= 11 is 0. The van der Waals surface area contributed by atoms with Gasteiger partial charge in [0.1, 0.15) is 0 Å². The van der Waals surface area contributed by atoms with Gasteiger partial charge in [0.25, 0.3) is 0 Å². The molecule has 8 heteroatoms. The Hall–Kier alpha value is -1.93. The number of nitrogens with zero attached hydrogens (tertiary/aromatic N) is 3. The Morgan fingerprint density at radius 3 is 2.90 bits per heavy atom. The van der Waals surface area contributed by atoms with E-state index >= 15 is 0 Å². The molecule has 1 amide bonds. The lowest BCUT2D eigenvalue weighted by molar-refractivity contribution is -0.00141. The van der Waals surface area contributed by atoms with Gasteiger partial charge in [-0.1, -0.05) is 6.92 Å². The van der Waals surface area contributed by atoms with Crippen molar-refractivity contribution in [1.29, 1.82) is 0 Å². The SMILES string of the molecule is Cc1c(C(=O)N=C(N)N)ncn1C[C@@H]1O[C@H](CO)CC1C. The summed E-state index contributed by atoms with van der Waals surface area (Å²) in [6, 6.07) is 0. The Morgan fingerprint density at radius 1 is 1.62 bits per heavy atom. The van der Waals surface area contributed by atoms with Gasteiger partial charge in [-0.15, -0.1) is 0 Å². The van der Waals surface area contributed by atoms with Crippen molar-refractivity contribution >= 4 is 11.9 Å². The zero-order valence-electron chi connectivity index (χ0n) is 12.2. The third-order valence-electron chi connectivity index (χ3n) is 3.75. The van der Waals surface area contributed by atoms with E-state index in [2.05, 4.69) is 16.9 Å². The van der Waals surface area contributed by atoms with Gasteiger partial charge in [0.05, 0.1) is 31.7 Å². The number of ether oxygens (including phenoxy) is 1. The fraction of sp³-hybridized carbons (Fsp3) is 0.615. The first-order valence-electron chi connectivity index (χ1n) is 6.84. The van der Waals surface area contributed by atoms with Gasteiger partial charge in [-0.3, -0.25) is 4.79 Å². The van der Waals surface area contributed by atoms with Gasteiger partial charge in [-0.05, 0) is 19.3 Å². The highest BCUT2D eigenvalue weighted by Gasteiger charge is 2.32. The fourth-order valence-corrected chi connectivity index (χ4v) is 2.55. The molecule has 8 nitrogen and oxygen atoms in total. The molecule has 5 N–H and O–H groups in total. The molecule has 0 bridgehead atoms. The van der Waals surface area contributed by atoms with Crippen LogP contribution < -0.4 is 11.5 Å². The Morgan fingerprint density at radius 2 is 2.33 bits per heavy atom. The van der Waals surface area contributed by atoms with E-state index in [9.17, 15) is 4.79 Å². The molecule has 1 fully saturated rings. The molecule has 1 aromatic rings. The Balaban J connectivity index is 2.11. The van der Waals surface area contributed by atoms with Crippen molar-refractivity contribution in [3.63, 3.8) is 0 Å². The molecular weight excluding hydrogens is 274 g/mol. The van der Waals surface area contributed by atoms with E-state index in [4.69, 9.17) is 21.3 Å². The van der Waals surface area contributed by atoms with Crippen LogP contribution in [0.2, 0.25) is 0 Å². The summed E-state index contributed by atoms with van der Waals surface area (Å²) in [5, 5.41) is 9.16. The first-order chi connectivity index (χ1) is 9.92. The monoisotopic (exact) mass is 295 g/mol. The largest absolute Gasteiger partial charge is 0.394 e. The number of aliphatic hydroxyl groups is 1. The van der Waals surface area contributed by atoms with E-state index < -0.39 is 5.91 Å². The van der Waals surface area contributed by atoms with E-state index in [1.54, 1.807) is 13.3 Å². The lowest BCUT2D eigenvalue weighted by Gasteiger charge is -2.16. The Kier molecular flexibility index (Phi) is 4.59. The number of imidazole rings is 1. The van der Waals surface area contributed by atoms with Crippen LogP contribution >= 0.6 is 0 Å². The van der Waals surface area contributed by atoms with Crippen LogP contribution in [0, 0.1) is 12.8 Å². The van der Waals surface area contributed by atoms with Crippen LogP contribution in [0.1, 0.15) is 29.5 Å². The van der Waals surface area contributed by atoms with Gasteiger partial charge in [-0.25, -0.2) is 4.98 Å². The van der Waals surface area contributed by atoms with Crippen molar-refractivity contribution in [3.05, 3.63) is 17.7 Å².